The Balaban J connectivity index is 1.71. The van der Waals surface area contributed by atoms with Gasteiger partial charge < -0.3 is 4.90 Å². The summed E-state index contributed by atoms with van der Waals surface area (Å²) >= 11 is 0. The molecule has 1 aliphatic heterocycles. The second kappa shape index (κ2) is 6.70. The number of allylic oxidation sites excluding steroid dienone is 1. The van der Waals surface area contributed by atoms with E-state index in [2.05, 4.69) is 23.1 Å². The van der Waals surface area contributed by atoms with E-state index in [1.807, 2.05) is 6.07 Å². The van der Waals surface area contributed by atoms with Crippen molar-refractivity contribution in [3.8, 4) is 0 Å². The highest BCUT2D eigenvalue weighted by Crippen LogP contribution is 2.52. The summed E-state index contributed by atoms with van der Waals surface area (Å²) in [6, 6.07) is 8.38. The molecule has 128 valence electrons. The molecule has 1 amide bonds. The molecule has 0 N–H and O–H groups in total. The quantitative estimate of drug-likeness (QED) is 0.788. The van der Waals surface area contributed by atoms with Gasteiger partial charge in [-0.25, -0.2) is 0 Å². The fourth-order valence-electron chi connectivity index (χ4n) is 4.98. The van der Waals surface area contributed by atoms with Gasteiger partial charge in [0, 0.05) is 19.0 Å². The highest BCUT2D eigenvalue weighted by atomic mass is 18.2. The molecule has 1 heterocycles. The first kappa shape index (κ1) is 15.9. The molecule has 0 saturated carbocycles. The van der Waals surface area contributed by atoms with Crippen molar-refractivity contribution in [1.29, 1.82) is 0 Å². The molecule has 2 nitrogen and oxygen atoms in total. The predicted octanol–water partition coefficient (Wildman–Crippen LogP) is 4.71. The van der Waals surface area contributed by atoms with Crippen molar-refractivity contribution in [3.63, 3.8) is 0 Å². The number of benzene rings is 1. The fourth-order valence-corrected chi connectivity index (χ4v) is 4.98. The van der Waals surface area contributed by atoms with Gasteiger partial charge in [0.1, 0.15) is 0 Å². The Morgan fingerprint density at radius 2 is 1.92 bits per heavy atom. The normalized spacial score (nSPS) is 26.3. The first-order chi connectivity index (χ1) is 11.8. The number of halogens is 1. The van der Waals surface area contributed by atoms with Crippen molar-refractivity contribution >= 4 is 11.5 Å². The number of hydrogen-bond acceptors (Lipinski definition) is 1. The molecule has 0 radical (unpaired) electrons. The number of amides is 1. The zero-order valence-electron chi connectivity index (χ0n) is 14.3. The van der Waals surface area contributed by atoms with Gasteiger partial charge in [-0.15, -0.1) is 0 Å². The van der Waals surface area contributed by atoms with Crippen molar-refractivity contribution in [2.45, 2.75) is 50.9 Å². The number of fused-ring (bicyclic) bond motifs is 2. The maximum absolute atomic E-state index is 13.2. The van der Waals surface area contributed by atoms with Crippen LogP contribution in [0.5, 0.6) is 0 Å². The Bertz CT molecular complexity index is 660. The van der Waals surface area contributed by atoms with Crippen molar-refractivity contribution < 1.29 is 9.18 Å². The molecule has 4 rings (SSSR count). The van der Waals surface area contributed by atoms with E-state index in [-0.39, 0.29) is 18.5 Å². The summed E-state index contributed by atoms with van der Waals surface area (Å²) in [6.45, 7) is 1.53. The minimum absolute atomic E-state index is 0.00221. The van der Waals surface area contributed by atoms with E-state index in [1.165, 1.54) is 28.7 Å². The van der Waals surface area contributed by atoms with Crippen LogP contribution in [0.2, 0.25) is 0 Å². The van der Waals surface area contributed by atoms with Crippen LogP contribution >= 0.6 is 0 Å². The number of piperidine rings is 1. The first-order valence-electron chi connectivity index (χ1n) is 9.48. The Morgan fingerprint density at radius 1 is 1.12 bits per heavy atom. The molecule has 3 heteroatoms. The standard InChI is InChI=1S/C21H26FNO/c22-12-11-16-15-7-2-3-8-17(15)20-18(16)9-6-10-19(20)21(24)23-13-4-1-5-14-23/h2-3,7-8,16,19H,1,4-6,9-14H2/i22-1. The molecule has 0 bridgehead atoms. The lowest BCUT2D eigenvalue weighted by atomic mass is 9.79. The number of nitrogens with zero attached hydrogens (tertiary/aromatic N) is 1. The third-order valence-electron chi connectivity index (χ3n) is 6.04. The van der Waals surface area contributed by atoms with E-state index < -0.39 is 0 Å². The minimum Gasteiger partial charge on any atom is -0.342 e. The van der Waals surface area contributed by atoms with Crippen molar-refractivity contribution in [2.75, 3.05) is 19.8 Å². The zero-order chi connectivity index (χ0) is 16.5. The van der Waals surface area contributed by atoms with E-state index in [4.69, 9.17) is 0 Å². The van der Waals surface area contributed by atoms with Gasteiger partial charge in [0.15, 0.2) is 0 Å². The lowest BCUT2D eigenvalue weighted by Crippen LogP contribution is -2.40. The molecule has 1 fully saturated rings. The van der Waals surface area contributed by atoms with Crippen molar-refractivity contribution in [1.82, 2.24) is 4.90 Å². The van der Waals surface area contributed by atoms with Crippen LogP contribution in [0.1, 0.15) is 62.0 Å². The van der Waals surface area contributed by atoms with E-state index in [1.54, 1.807) is 0 Å². The van der Waals surface area contributed by atoms with Crippen LogP contribution in [0.3, 0.4) is 0 Å². The van der Waals surface area contributed by atoms with E-state index in [0.717, 1.165) is 45.2 Å². The van der Waals surface area contributed by atoms with Crippen LogP contribution in [-0.4, -0.2) is 30.6 Å². The molecule has 2 unspecified atom stereocenters. The van der Waals surface area contributed by atoms with Crippen LogP contribution in [-0.2, 0) is 4.79 Å². The summed E-state index contributed by atoms with van der Waals surface area (Å²) in [4.78, 5) is 15.3. The van der Waals surface area contributed by atoms with Crippen LogP contribution in [0.4, 0.5) is 4.39 Å². The van der Waals surface area contributed by atoms with Gasteiger partial charge in [-0.05, 0) is 61.6 Å². The lowest BCUT2D eigenvalue weighted by Gasteiger charge is -2.33. The van der Waals surface area contributed by atoms with Crippen molar-refractivity contribution in [2.24, 2.45) is 5.92 Å². The lowest BCUT2D eigenvalue weighted by molar-refractivity contribution is -0.134. The summed E-state index contributed by atoms with van der Waals surface area (Å²) in [5, 5.41) is 0. The average Bonchev–Trinajstić information content (AvgIpc) is 2.97. The maximum Gasteiger partial charge on any atom is 0.230 e. The molecule has 1 aromatic rings. The molecule has 1 aromatic carbocycles. The largest absolute Gasteiger partial charge is 0.342 e. The topological polar surface area (TPSA) is 20.3 Å². The predicted molar refractivity (Wildman–Crippen MR) is 94.5 cm³/mol. The summed E-state index contributed by atoms with van der Waals surface area (Å²) in [5.74, 6) is 0.508. The molecule has 2 atom stereocenters. The molecular formula is C21H26FNO. The van der Waals surface area contributed by atoms with Gasteiger partial charge >= 0.3 is 0 Å². The molecule has 3 aliphatic rings. The molecule has 0 spiro atoms. The second-order valence-electron chi connectivity index (χ2n) is 7.39. The van der Waals surface area contributed by atoms with E-state index in [9.17, 15) is 9.18 Å². The van der Waals surface area contributed by atoms with Gasteiger partial charge in [-0.3, -0.25) is 9.18 Å². The Hall–Kier alpha value is -1.64. The van der Waals surface area contributed by atoms with Crippen LogP contribution < -0.4 is 0 Å². The first-order valence-corrected chi connectivity index (χ1v) is 9.48. The average molecular weight is 326 g/mol. The van der Waals surface area contributed by atoms with E-state index in [0.29, 0.717) is 12.3 Å². The summed E-state index contributed by atoms with van der Waals surface area (Å²) < 4.78 is 13.1. The number of hydrogen-bond donors (Lipinski definition) is 0. The molecule has 24 heavy (non-hydrogen) atoms. The van der Waals surface area contributed by atoms with Gasteiger partial charge in [0.25, 0.3) is 0 Å². The van der Waals surface area contributed by atoms with Gasteiger partial charge in [0.2, 0.25) is 5.91 Å². The number of carbonyl (C=O) groups is 1. The number of carbonyl (C=O) groups excluding carboxylic acids is 1. The number of alkyl halides is 1. The summed E-state index contributed by atoms with van der Waals surface area (Å²) in [7, 11) is 0. The summed E-state index contributed by atoms with van der Waals surface area (Å²) in [5.41, 5.74) is 5.08. The Morgan fingerprint density at radius 3 is 2.71 bits per heavy atom. The smallest absolute Gasteiger partial charge is 0.230 e. The third kappa shape index (κ3) is 2.58. The molecule has 2 aliphatic carbocycles. The Kier molecular flexibility index (Phi) is 4.43. The Labute approximate surface area is 143 Å². The highest BCUT2D eigenvalue weighted by Gasteiger charge is 2.40. The van der Waals surface area contributed by atoms with Crippen LogP contribution in [0, 0.1) is 5.92 Å². The second-order valence-corrected chi connectivity index (χ2v) is 7.39. The highest BCUT2D eigenvalue weighted by molar-refractivity contribution is 5.96. The summed E-state index contributed by atoms with van der Waals surface area (Å²) in [6.07, 6.45) is 7.09. The molecule has 0 aromatic heterocycles. The van der Waals surface area contributed by atoms with Crippen molar-refractivity contribution in [3.05, 3.63) is 41.0 Å². The maximum atomic E-state index is 13.2. The van der Waals surface area contributed by atoms with Gasteiger partial charge in [-0.2, -0.15) is 0 Å². The SMILES string of the molecule is O=C(C1CCCC2=C1c1ccccc1C2CC[18F])N1CCCCC1. The van der Waals surface area contributed by atoms with Crippen LogP contribution in [0.25, 0.3) is 5.57 Å². The van der Waals surface area contributed by atoms with E-state index >= 15 is 0 Å². The van der Waals surface area contributed by atoms with Gasteiger partial charge in [-0.1, -0.05) is 29.8 Å². The van der Waals surface area contributed by atoms with Crippen LogP contribution in [0.15, 0.2) is 29.8 Å². The third-order valence-corrected chi connectivity index (χ3v) is 6.04. The monoisotopic (exact) mass is 326 g/mol. The zero-order valence-corrected chi connectivity index (χ0v) is 14.3. The molecule has 1 saturated heterocycles. The number of likely N-dealkylation sites (tertiary alicyclic amines) is 1. The molecular weight excluding hydrogens is 300 g/mol. The minimum atomic E-state index is -0.291. The fraction of sp³-hybridized carbons (Fsp3) is 0.571. The number of rotatable bonds is 3. The van der Waals surface area contributed by atoms with Gasteiger partial charge in [0.05, 0.1) is 12.6 Å².